The van der Waals surface area contributed by atoms with Crippen LogP contribution in [0, 0.1) is 11.8 Å². The van der Waals surface area contributed by atoms with Crippen LogP contribution >= 0.6 is 0 Å². The van der Waals surface area contributed by atoms with E-state index in [1.165, 1.54) is 21.3 Å². The summed E-state index contributed by atoms with van der Waals surface area (Å²) in [6.07, 6.45) is 0.922. The van der Waals surface area contributed by atoms with E-state index in [0.29, 0.717) is 35.7 Å². The fourth-order valence-electron chi connectivity index (χ4n) is 1.69. The molecular formula is C15H18O4. The normalized spacial score (nSPS) is 9.26. The SMILES string of the molecule is CC#CCCC(=O)c1cc(OC)c(OC)c(OC)c1. The molecule has 1 aromatic rings. The van der Waals surface area contributed by atoms with E-state index in [9.17, 15) is 4.79 Å². The summed E-state index contributed by atoms with van der Waals surface area (Å²) in [5.74, 6) is 7.08. The van der Waals surface area contributed by atoms with Crippen molar-refractivity contribution in [1.82, 2.24) is 0 Å². The van der Waals surface area contributed by atoms with Gasteiger partial charge in [0.15, 0.2) is 17.3 Å². The van der Waals surface area contributed by atoms with E-state index in [0.717, 1.165) is 0 Å². The molecule has 0 aromatic heterocycles. The molecule has 19 heavy (non-hydrogen) atoms. The summed E-state index contributed by atoms with van der Waals surface area (Å²) < 4.78 is 15.6. The largest absolute Gasteiger partial charge is 0.493 e. The van der Waals surface area contributed by atoms with Crippen molar-refractivity contribution in [2.45, 2.75) is 19.8 Å². The highest BCUT2D eigenvalue weighted by Gasteiger charge is 2.16. The van der Waals surface area contributed by atoms with E-state index in [1.54, 1.807) is 19.1 Å². The molecular weight excluding hydrogens is 244 g/mol. The minimum Gasteiger partial charge on any atom is -0.493 e. The van der Waals surface area contributed by atoms with Crippen LogP contribution in [-0.2, 0) is 0 Å². The highest BCUT2D eigenvalue weighted by molar-refractivity contribution is 5.97. The van der Waals surface area contributed by atoms with Gasteiger partial charge in [-0.1, -0.05) is 0 Å². The average molecular weight is 262 g/mol. The van der Waals surface area contributed by atoms with Gasteiger partial charge >= 0.3 is 0 Å². The molecule has 0 spiro atoms. The minimum absolute atomic E-state index is 0.00185. The third kappa shape index (κ3) is 3.65. The molecule has 0 N–H and O–H groups in total. The lowest BCUT2D eigenvalue weighted by atomic mass is 10.1. The number of methoxy groups -OCH3 is 3. The van der Waals surface area contributed by atoms with Crippen LogP contribution < -0.4 is 14.2 Å². The summed E-state index contributed by atoms with van der Waals surface area (Å²) in [5, 5.41) is 0. The Morgan fingerprint density at radius 2 is 1.68 bits per heavy atom. The topological polar surface area (TPSA) is 44.8 Å². The minimum atomic E-state index is 0.00185. The average Bonchev–Trinajstić information content (AvgIpc) is 2.45. The van der Waals surface area contributed by atoms with Crippen molar-refractivity contribution in [3.63, 3.8) is 0 Å². The lowest BCUT2D eigenvalue weighted by Crippen LogP contribution is -2.02. The number of carbonyl (C=O) groups excluding carboxylic acids is 1. The molecule has 4 nitrogen and oxygen atoms in total. The van der Waals surface area contributed by atoms with Gasteiger partial charge in [0.2, 0.25) is 5.75 Å². The first kappa shape index (κ1) is 14.9. The Morgan fingerprint density at radius 1 is 1.11 bits per heavy atom. The van der Waals surface area contributed by atoms with Crippen LogP contribution in [0.2, 0.25) is 0 Å². The summed E-state index contributed by atoms with van der Waals surface area (Å²) in [4.78, 5) is 12.0. The molecule has 0 heterocycles. The first-order valence-corrected chi connectivity index (χ1v) is 5.90. The Balaban J connectivity index is 3.07. The zero-order valence-corrected chi connectivity index (χ0v) is 11.7. The van der Waals surface area contributed by atoms with E-state index in [2.05, 4.69) is 11.8 Å². The van der Waals surface area contributed by atoms with Gasteiger partial charge in [0.25, 0.3) is 0 Å². The van der Waals surface area contributed by atoms with Crippen LogP contribution in [0.3, 0.4) is 0 Å². The van der Waals surface area contributed by atoms with Gasteiger partial charge in [0.1, 0.15) is 0 Å². The molecule has 0 radical (unpaired) electrons. The Hall–Kier alpha value is -2.15. The molecule has 1 aromatic carbocycles. The van der Waals surface area contributed by atoms with Crippen LogP contribution in [-0.4, -0.2) is 27.1 Å². The van der Waals surface area contributed by atoms with Crippen molar-refractivity contribution in [2.75, 3.05) is 21.3 Å². The third-order valence-corrected chi connectivity index (χ3v) is 2.64. The molecule has 0 fully saturated rings. The summed E-state index contributed by atoms with van der Waals surface area (Å²) in [7, 11) is 4.57. The van der Waals surface area contributed by atoms with Gasteiger partial charge in [-0.15, -0.1) is 11.8 Å². The summed E-state index contributed by atoms with van der Waals surface area (Å²) in [6.45, 7) is 1.75. The van der Waals surface area contributed by atoms with Crippen LogP contribution in [0.4, 0.5) is 0 Å². The van der Waals surface area contributed by atoms with Crippen molar-refractivity contribution in [3.05, 3.63) is 17.7 Å². The molecule has 0 unspecified atom stereocenters. The maximum Gasteiger partial charge on any atom is 0.203 e. The van der Waals surface area contributed by atoms with Crippen LogP contribution in [0.5, 0.6) is 17.2 Å². The number of rotatable bonds is 6. The predicted octanol–water partition coefficient (Wildman–Crippen LogP) is 2.70. The lowest BCUT2D eigenvalue weighted by Gasteiger charge is -2.13. The number of benzene rings is 1. The van der Waals surface area contributed by atoms with Crippen molar-refractivity contribution in [3.8, 4) is 29.1 Å². The van der Waals surface area contributed by atoms with Crippen LogP contribution in [0.15, 0.2) is 12.1 Å². The number of ketones is 1. The highest BCUT2D eigenvalue weighted by atomic mass is 16.5. The molecule has 0 amide bonds. The van der Waals surface area contributed by atoms with E-state index in [1.807, 2.05) is 0 Å². The van der Waals surface area contributed by atoms with Gasteiger partial charge < -0.3 is 14.2 Å². The van der Waals surface area contributed by atoms with Crippen molar-refractivity contribution >= 4 is 5.78 Å². The lowest BCUT2D eigenvalue weighted by molar-refractivity contribution is 0.0983. The molecule has 0 aliphatic heterocycles. The Morgan fingerprint density at radius 3 is 2.11 bits per heavy atom. The van der Waals surface area contributed by atoms with Crippen LogP contribution in [0.1, 0.15) is 30.1 Å². The van der Waals surface area contributed by atoms with E-state index < -0.39 is 0 Å². The second-order valence-corrected chi connectivity index (χ2v) is 3.76. The number of carbonyl (C=O) groups is 1. The van der Waals surface area contributed by atoms with Gasteiger partial charge in [-0.05, 0) is 19.1 Å². The summed E-state index contributed by atoms with van der Waals surface area (Å²) in [5.41, 5.74) is 0.535. The predicted molar refractivity (Wildman–Crippen MR) is 73.1 cm³/mol. The van der Waals surface area contributed by atoms with E-state index in [-0.39, 0.29) is 5.78 Å². The molecule has 0 aliphatic carbocycles. The van der Waals surface area contributed by atoms with Crippen LogP contribution in [0.25, 0.3) is 0 Å². The Kier molecular flexibility index (Phi) is 5.74. The third-order valence-electron chi connectivity index (χ3n) is 2.64. The smallest absolute Gasteiger partial charge is 0.203 e. The van der Waals surface area contributed by atoms with Gasteiger partial charge in [-0.2, -0.15) is 0 Å². The monoisotopic (exact) mass is 262 g/mol. The fraction of sp³-hybridized carbons (Fsp3) is 0.400. The van der Waals surface area contributed by atoms with Gasteiger partial charge in [-0.25, -0.2) is 0 Å². The molecule has 0 saturated carbocycles. The molecule has 102 valence electrons. The van der Waals surface area contributed by atoms with E-state index in [4.69, 9.17) is 14.2 Å². The quantitative estimate of drug-likeness (QED) is 0.584. The summed E-state index contributed by atoms with van der Waals surface area (Å²) >= 11 is 0. The molecule has 0 saturated heterocycles. The standard InChI is InChI=1S/C15H18O4/c1-5-6-7-8-12(16)11-9-13(17-2)15(19-4)14(10-11)18-3/h9-10H,7-8H2,1-4H3. The van der Waals surface area contributed by atoms with Crippen molar-refractivity contribution in [1.29, 1.82) is 0 Å². The molecule has 0 bridgehead atoms. The highest BCUT2D eigenvalue weighted by Crippen LogP contribution is 2.38. The number of Topliss-reactive ketones (excluding diaryl/α,β-unsaturated/α-hetero) is 1. The maximum atomic E-state index is 12.0. The Labute approximate surface area is 113 Å². The molecule has 1 rings (SSSR count). The van der Waals surface area contributed by atoms with Gasteiger partial charge in [-0.3, -0.25) is 4.79 Å². The van der Waals surface area contributed by atoms with Crippen molar-refractivity contribution < 1.29 is 19.0 Å². The Bertz CT molecular complexity index is 484. The molecule has 0 aliphatic rings. The van der Waals surface area contributed by atoms with Gasteiger partial charge in [0.05, 0.1) is 21.3 Å². The second kappa shape index (κ2) is 7.32. The number of hydrogen-bond donors (Lipinski definition) is 0. The second-order valence-electron chi connectivity index (χ2n) is 3.76. The first-order chi connectivity index (χ1) is 9.17. The summed E-state index contributed by atoms with van der Waals surface area (Å²) in [6, 6.07) is 3.31. The number of ether oxygens (including phenoxy) is 3. The van der Waals surface area contributed by atoms with Gasteiger partial charge in [0, 0.05) is 18.4 Å². The zero-order valence-electron chi connectivity index (χ0n) is 11.7. The zero-order chi connectivity index (χ0) is 14.3. The molecule has 0 atom stereocenters. The molecule has 4 heteroatoms. The number of hydrogen-bond acceptors (Lipinski definition) is 4. The first-order valence-electron chi connectivity index (χ1n) is 5.90. The van der Waals surface area contributed by atoms with E-state index >= 15 is 0 Å². The fourth-order valence-corrected chi connectivity index (χ4v) is 1.69. The maximum absolute atomic E-state index is 12.0. The van der Waals surface area contributed by atoms with Crippen molar-refractivity contribution in [2.24, 2.45) is 0 Å².